The van der Waals surface area contributed by atoms with E-state index in [2.05, 4.69) is 4.90 Å². The maximum Gasteiger partial charge on any atom is 0.288 e. The van der Waals surface area contributed by atoms with E-state index in [9.17, 15) is 14.9 Å². The monoisotopic (exact) mass is 341 g/mol. The van der Waals surface area contributed by atoms with Gasteiger partial charge in [-0.15, -0.1) is 0 Å². The first-order chi connectivity index (χ1) is 10.8. The molecule has 23 heavy (non-hydrogen) atoms. The number of nitrogens with zero attached hydrogens (tertiary/aromatic N) is 3. The van der Waals surface area contributed by atoms with Crippen molar-refractivity contribution in [3.8, 4) is 0 Å². The van der Waals surface area contributed by atoms with Gasteiger partial charge in [-0.3, -0.25) is 19.8 Å². The second-order valence-corrected chi connectivity index (χ2v) is 5.98. The molecule has 1 atom stereocenters. The fraction of sp³-hybridized carbons (Fsp3) is 0.533. The third-order valence-corrected chi connectivity index (χ3v) is 4.41. The Morgan fingerprint density at radius 1 is 1.43 bits per heavy atom. The number of carbonyl (C=O) groups excluding carboxylic acids is 1. The summed E-state index contributed by atoms with van der Waals surface area (Å²) < 4.78 is 5.30. The molecule has 2 rings (SSSR count). The van der Waals surface area contributed by atoms with Crippen molar-refractivity contribution < 1.29 is 14.5 Å². The van der Waals surface area contributed by atoms with Crippen LogP contribution < -0.4 is 4.90 Å². The van der Waals surface area contributed by atoms with E-state index in [1.54, 1.807) is 14.0 Å². The quantitative estimate of drug-likeness (QED) is 0.620. The molecule has 1 aromatic rings. The first-order valence-electron chi connectivity index (χ1n) is 7.37. The predicted octanol–water partition coefficient (Wildman–Crippen LogP) is 2.24. The Bertz CT molecular complexity index is 617. The Balaban J connectivity index is 2.22. The van der Waals surface area contributed by atoms with Crippen LogP contribution in [0, 0.1) is 17.0 Å². The number of halogens is 1. The highest BCUT2D eigenvalue weighted by molar-refractivity contribution is 6.33. The van der Waals surface area contributed by atoms with Crippen LogP contribution in [0.15, 0.2) is 12.1 Å². The van der Waals surface area contributed by atoms with Crippen molar-refractivity contribution in [2.45, 2.75) is 19.9 Å². The lowest BCUT2D eigenvalue weighted by Gasteiger charge is -2.33. The number of hydrogen-bond donors (Lipinski definition) is 0. The van der Waals surface area contributed by atoms with Gasteiger partial charge in [0.1, 0.15) is 5.02 Å². The van der Waals surface area contributed by atoms with Crippen LogP contribution in [0.3, 0.4) is 0 Å². The Morgan fingerprint density at radius 2 is 2.04 bits per heavy atom. The van der Waals surface area contributed by atoms with Crippen molar-refractivity contribution in [1.29, 1.82) is 0 Å². The second-order valence-electron chi connectivity index (χ2n) is 5.57. The third kappa shape index (κ3) is 3.80. The molecule has 0 spiro atoms. The molecule has 1 amide bonds. The number of amides is 1. The molecule has 0 saturated carbocycles. The van der Waals surface area contributed by atoms with Crippen LogP contribution in [0.5, 0.6) is 0 Å². The van der Waals surface area contributed by atoms with Crippen LogP contribution in [0.25, 0.3) is 0 Å². The average molecular weight is 342 g/mol. The van der Waals surface area contributed by atoms with Crippen LogP contribution in [0.2, 0.25) is 5.02 Å². The van der Waals surface area contributed by atoms with Crippen LogP contribution in [0.1, 0.15) is 12.5 Å². The van der Waals surface area contributed by atoms with Gasteiger partial charge in [0, 0.05) is 31.9 Å². The van der Waals surface area contributed by atoms with Gasteiger partial charge in [0.15, 0.2) is 0 Å². The van der Waals surface area contributed by atoms with Crippen LogP contribution in [-0.4, -0.2) is 55.1 Å². The normalized spacial score (nSPS) is 16.9. The highest BCUT2D eigenvalue weighted by Gasteiger charge is 2.28. The molecule has 8 heteroatoms. The zero-order chi connectivity index (χ0) is 17.1. The van der Waals surface area contributed by atoms with E-state index >= 15 is 0 Å². The molecule has 1 saturated heterocycles. The number of hydrogen-bond acceptors (Lipinski definition) is 5. The minimum Gasteiger partial charge on any atom is -0.379 e. The van der Waals surface area contributed by atoms with Crippen molar-refractivity contribution in [3.63, 3.8) is 0 Å². The first-order valence-corrected chi connectivity index (χ1v) is 7.74. The van der Waals surface area contributed by atoms with Crippen LogP contribution in [0.4, 0.5) is 11.4 Å². The summed E-state index contributed by atoms with van der Waals surface area (Å²) in [5.41, 5.74) is 1.05. The maximum absolute atomic E-state index is 12.7. The third-order valence-electron chi connectivity index (χ3n) is 4.10. The highest BCUT2D eigenvalue weighted by atomic mass is 35.5. The molecule has 0 N–H and O–H groups in total. The van der Waals surface area contributed by atoms with Gasteiger partial charge in [-0.2, -0.15) is 0 Å². The number of rotatable bonds is 4. The second kappa shape index (κ2) is 7.25. The summed E-state index contributed by atoms with van der Waals surface area (Å²) in [4.78, 5) is 26.7. The minimum absolute atomic E-state index is 0.0225. The molecular weight excluding hydrogens is 322 g/mol. The van der Waals surface area contributed by atoms with E-state index < -0.39 is 4.92 Å². The standard InChI is InChI=1S/C15H20ClN3O4/c1-10-8-14(19(21)22)12(16)9-13(10)17(3)15(20)11(2)18-4-6-23-7-5-18/h8-9,11H,4-7H2,1-3H3/t11-/m0/s1. The van der Waals surface area contributed by atoms with Gasteiger partial charge in [-0.25, -0.2) is 0 Å². The van der Waals surface area contributed by atoms with Crippen molar-refractivity contribution in [2.24, 2.45) is 0 Å². The number of ether oxygens (including phenoxy) is 1. The van der Waals surface area contributed by atoms with E-state index in [1.165, 1.54) is 17.0 Å². The lowest BCUT2D eigenvalue weighted by Crippen LogP contribution is -2.50. The van der Waals surface area contributed by atoms with E-state index in [1.807, 2.05) is 6.92 Å². The summed E-state index contributed by atoms with van der Waals surface area (Å²) in [5.74, 6) is -0.0834. The van der Waals surface area contributed by atoms with Crippen molar-refractivity contribution in [1.82, 2.24) is 4.90 Å². The lowest BCUT2D eigenvalue weighted by molar-refractivity contribution is -0.384. The molecule has 1 fully saturated rings. The fourth-order valence-corrected chi connectivity index (χ4v) is 2.90. The van der Waals surface area contributed by atoms with Gasteiger partial charge in [0.2, 0.25) is 5.91 Å². The number of likely N-dealkylation sites (N-methyl/N-ethyl adjacent to an activating group) is 1. The Morgan fingerprint density at radius 3 is 2.61 bits per heavy atom. The molecular formula is C15H20ClN3O4. The summed E-state index contributed by atoms with van der Waals surface area (Å²) in [5, 5.41) is 10.9. The number of morpholine rings is 1. The zero-order valence-electron chi connectivity index (χ0n) is 13.4. The maximum atomic E-state index is 12.7. The summed E-state index contributed by atoms with van der Waals surface area (Å²) in [6, 6.07) is 2.57. The molecule has 126 valence electrons. The van der Waals surface area contributed by atoms with E-state index in [4.69, 9.17) is 16.3 Å². The molecule has 0 aromatic heterocycles. The van der Waals surface area contributed by atoms with Gasteiger partial charge in [-0.05, 0) is 25.5 Å². The Kier molecular flexibility index (Phi) is 5.56. The summed E-state index contributed by atoms with van der Waals surface area (Å²) in [6.07, 6.45) is 0. The molecule has 7 nitrogen and oxygen atoms in total. The van der Waals surface area contributed by atoms with Crippen molar-refractivity contribution in [2.75, 3.05) is 38.3 Å². The number of anilines is 1. The molecule has 0 bridgehead atoms. The molecule has 1 aliphatic rings. The molecule has 1 aliphatic heterocycles. The van der Waals surface area contributed by atoms with Crippen LogP contribution in [-0.2, 0) is 9.53 Å². The molecule has 1 heterocycles. The minimum atomic E-state index is -0.530. The first kappa shape index (κ1) is 17.7. The number of aryl methyl sites for hydroxylation is 1. The smallest absolute Gasteiger partial charge is 0.288 e. The van der Waals surface area contributed by atoms with Gasteiger partial charge >= 0.3 is 0 Å². The van der Waals surface area contributed by atoms with E-state index in [-0.39, 0.29) is 22.7 Å². The SMILES string of the molecule is Cc1cc([N+](=O)[O-])c(Cl)cc1N(C)C(=O)[C@H](C)N1CCOCC1. The summed E-state index contributed by atoms with van der Waals surface area (Å²) in [7, 11) is 1.66. The molecule has 0 radical (unpaired) electrons. The van der Waals surface area contributed by atoms with Crippen LogP contribution >= 0.6 is 11.6 Å². The summed E-state index contributed by atoms with van der Waals surface area (Å²) in [6.45, 7) is 6.23. The topological polar surface area (TPSA) is 75.9 Å². The van der Waals surface area contributed by atoms with E-state index in [0.717, 1.165) is 0 Å². The van der Waals surface area contributed by atoms with E-state index in [0.29, 0.717) is 37.6 Å². The fourth-order valence-electron chi connectivity index (χ4n) is 2.68. The van der Waals surface area contributed by atoms with Gasteiger partial charge in [0.25, 0.3) is 5.69 Å². The zero-order valence-corrected chi connectivity index (χ0v) is 14.2. The lowest BCUT2D eigenvalue weighted by atomic mass is 10.1. The predicted molar refractivity (Wildman–Crippen MR) is 88.1 cm³/mol. The molecule has 0 unspecified atom stereocenters. The average Bonchev–Trinajstić information content (AvgIpc) is 2.55. The number of carbonyl (C=O) groups is 1. The number of nitro groups is 1. The Labute approximate surface area is 139 Å². The van der Waals surface area contributed by atoms with Crippen molar-refractivity contribution >= 4 is 28.9 Å². The largest absolute Gasteiger partial charge is 0.379 e. The number of benzene rings is 1. The van der Waals surface area contributed by atoms with Gasteiger partial charge < -0.3 is 9.64 Å². The number of nitro benzene ring substituents is 1. The van der Waals surface area contributed by atoms with Gasteiger partial charge in [0.05, 0.1) is 24.2 Å². The molecule has 0 aliphatic carbocycles. The molecule has 1 aromatic carbocycles. The summed E-state index contributed by atoms with van der Waals surface area (Å²) >= 11 is 5.97. The highest BCUT2D eigenvalue weighted by Crippen LogP contribution is 2.32. The van der Waals surface area contributed by atoms with Crippen molar-refractivity contribution in [3.05, 3.63) is 32.8 Å². The van der Waals surface area contributed by atoms with Gasteiger partial charge in [-0.1, -0.05) is 11.6 Å². The Hall–Kier alpha value is -1.70.